The summed E-state index contributed by atoms with van der Waals surface area (Å²) in [6, 6.07) is 1.67. The summed E-state index contributed by atoms with van der Waals surface area (Å²) >= 11 is 8.98. The first-order chi connectivity index (χ1) is 8.54. The number of carbonyl (C=O) groups is 1. The van der Waals surface area contributed by atoms with Crippen molar-refractivity contribution in [3.05, 3.63) is 34.3 Å². The highest BCUT2D eigenvalue weighted by Gasteiger charge is 2.06. The lowest BCUT2D eigenvalue weighted by Gasteiger charge is -2.05. The van der Waals surface area contributed by atoms with Crippen LogP contribution in [0.3, 0.4) is 0 Å². The molecule has 18 heavy (non-hydrogen) atoms. The van der Waals surface area contributed by atoms with Crippen LogP contribution in [0.2, 0.25) is 5.15 Å². The Hall–Kier alpha value is -1.60. The fraction of sp³-hybridized carbons (Fsp3) is 0.100. The van der Waals surface area contributed by atoms with Crippen molar-refractivity contribution < 1.29 is 4.79 Å². The molecule has 0 fully saturated rings. The van der Waals surface area contributed by atoms with E-state index in [0.29, 0.717) is 21.0 Å². The monoisotopic (exact) mass is 329 g/mol. The Bertz CT molecular complexity index is 585. The molecule has 0 aliphatic rings. The van der Waals surface area contributed by atoms with E-state index >= 15 is 0 Å². The second-order valence-electron chi connectivity index (χ2n) is 3.52. The molecule has 3 N–H and O–H groups in total. The van der Waals surface area contributed by atoms with Crippen LogP contribution in [0.5, 0.6) is 0 Å². The average Bonchev–Trinajstić information content (AvgIpc) is 2.69. The van der Waals surface area contributed by atoms with Crippen LogP contribution in [0.1, 0.15) is 0 Å². The van der Waals surface area contributed by atoms with E-state index in [2.05, 4.69) is 31.3 Å². The highest BCUT2D eigenvalue weighted by Crippen LogP contribution is 2.22. The van der Waals surface area contributed by atoms with Crippen LogP contribution in [-0.4, -0.2) is 20.7 Å². The van der Waals surface area contributed by atoms with Gasteiger partial charge in [-0.25, -0.2) is 4.98 Å². The van der Waals surface area contributed by atoms with Crippen LogP contribution >= 0.6 is 27.5 Å². The lowest BCUT2D eigenvalue weighted by molar-refractivity contribution is -0.116. The molecule has 0 aliphatic carbocycles. The van der Waals surface area contributed by atoms with Gasteiger partial charge in [0, 0.05) is 6.20 Å². The second-order valence-corrected chi connectivity index (χ2v) is 4.73. The van der Waals surface area contributed by atoms with Crippen LogP contribution in [0.15, 0.2) is 29.1 Å². The van der Waals surface area contributed by atoms with Crippen LogP contribution in [0.4, 0.5) is 11.4 Å². The molecule has 2 aromatic heterocycles. The maximum atomic E-state index is 11.7. The number of carbonyl (C=O) groups excluding carboxylic acids is 1. The molecule has 1 amide bonds. The van der Waals surface area contributed by atoms with Gasteiger partial charge in [0.1, 0.15) is 11.7 Å². The highest BCUT2D eigenvalue weighted by atomic mass is 79.9. The number of rotatable bonds is 3. The van der Waals surface area contributed by atoms with Crippen LogP contribution < -0.4 is 11.1 Å². The Morgan fingerprint density at radius 1 is 1.56 bits per heavy atom. The molecule has 0 aliphatic heterocycles. The Kier molecular flexibility index (Phi) is 3.83. The molecule has 2 aromatic rings. The maximum absolute atomic E-state index is 11.7. The number of hydrogen-bond acceptors (Lipinski definition) is 4. The molecular weight excluding hydrogens is 322 g/mol. The molecule has 0 aromatic carbocycles. The summed E-state index contributed by atoms with van der Waals surface area (Å²) in [7, 11) is 0. The summed E-state index contributed by atoms with van der Waals surface area (Å²) in [4.78, 5) is 15.6. The number of nitrogen functional groups attached to an aromatic ring is 1. The molecule has 0 unspecified atom stereocenters. The molecule has 2 rings (SSSR count). The van der Waals surface area contributed by atoms with Crippen molar-refractivity contribution in [3.8, 4) is 0 Å². The van der Waals surface area contributed by atoms with Crippen molar-refractivity contribution in [3.63, 3.8) is 0 Å². The summed E-state index contributed by atoms with van der Waals surface area (Å²) in [5, 5.41) is 6.93. The summed E-state index contributed by atoms with van der Waals surface area (Å²) < 4.78 is 2.06. The molecule has 0 bridgehead atoms. The van der Waals surface area contributed by atoms with Crippen molar-refractivity contribution in [1.29, 1.82) is 0 Å². The number of nitrogens with one attached hydrogen (secondary N) is 1. The van der Waals surface area contributed by atoms with Crippen molar-refractivity contribution in [2.75, 3.05) is 11.1 Å². The fourth-order valence-corrected chi connectivity index (χ4v) is 1.76. The zero-order chi connectivity index (χ0) is 13.1. The van der Waals surface area contributed by atoms with Crippen molar-refractivity contribution >= 4 is 44.8 Å². The van der Waals surface area contributed by atoms with Gasteiger partial charge in [0.25, 0.3) is 0 Å². The van der Waals surface area contributed by atoms with Gasteiger partial charge in [0.05, 0.1) is 28.2 Å². The molecule has 0 atom stereocenters. The Labute approximate surface area is 116 Å². The molecular formula is C10H9BrClN5O. The van der Waals surface area contributed by atoms with E-state index in [4.69, 9.17) is 17.3 Å². The normalized spacial score (nSPS) is 10.3. The Morgan fingerprint density at radius 2 is 2.33 bits per heavy atom. The van der Waals surface area contributed by atoms with Crippen molar-refractivity contribution in [2.24, 2.45) is 0 Å². The van der Waals surface area contributed by atoms with E-state index in [-0.39, 0.29) is 12.5 Å². The molecule has 0 radical (unpaired) electrons. The van der Waals surface area contributed by atoms with Crippen LogP contribution in [0, 0.1) is 0 Å². The number of amides is 1. The summed E-state index contributed by atoms with van der Waals surface area (Å²) in [5.74, 6) is -0.228. The lowest BCUT2D eigenvalue weighted by Crippen LogP contribution is -2.19. The van der Waals surface area contributed by atoms with E-state index in [9.17, 15) is 4.79 Å². The van der Waals surface area contributed by atoms with Crippen molar-refractivity contribution in [1.82, 2.24) is 14.8 Å². The van der Waals surface area contributed by atoms with Gasteiger partial charge in [-0.1, -0.05) is 11.6 Å². The number of nitrogens with two attached hydrogens (primary N) is 1. The summed E-state index contributed by atoms with van der Waals surface area (Å²) in [6.07, 6.45) is 4.53. The molecule has 0 saturated carbocycles. The highest BCUT2D eigenvalue weighted by molar-refractivity contribution is 9.10. The number of nitrogens with zero attached hydrogens (tertiary/aromatic N) is 3. The quantitative estimate of drug-likeness (QED) is 0.842. The molecule has 0 spiro atoms. The third kappa shape index (κ3) is 3.21. The van der Waals surface area contributed by atoms with Gasteiger partial charge in [-0.15, -0.1) is 0 Å². The average molecular weight is 331 g/mol. The summed E-state index contributed by atoms with van der Waals surface area (Å²) in [6.45, 7) is 0.0808. The third-order valence-corrected chi connectivity index (χ3v) is 3.17. The SMILES string of the molecule is Nc1cnn(CC(=O)Nc2cnc(Cl)c(Br)c2)c1. The molecule has 94 valence electrons. The molecule has 2 heterocycles. The maximum Gasteiger partial charge on any atom is 0.246 e. The number of halogens is 2. The van der Waals surface area contributed by atoms with Gasteiger partial charge >= 0.3 is 0 Å². The first-order valence-electron chi connectivity index (χ1n) is 4.93. The van der Waals surface area contributed by atoms with Gasteiger partial charge in [-0.05, 0) is 22.0 Å². The van der Waals surface area contributed by atoms with Crippen LogP contribution in [-0.2, 0) is 11.3 Å². The van der Waals surface area contributed by atoms with Gasteiger partial charge in [-0.2, -0.15) is 5.10 Å². The first-order valence-corrected chi connectivity index (χ1v) is 6.10. The van der Waals surface area contributed by atoms with Gasteiger partial charge in [-0.3, -0.25) is 9.48 Å². The zero-order valence-electron chi connectivity index (χ0n) is 9.10. The minimum atomic E-state index is -0.228. The topological polar surface area (TPSA) is 85.8 Å². The van der Waals surface area contributed by atoms with E-state index in [1.165, 1.54) is 17.1 Å². The first kappa shape index (κ1) is 12.8. The largest absolute Gasteiger partial charge is 0.396 e. The van der Waals surface area contributed by atoms with E-state index in [0.717, 1.165) is 0 Å². The Balaban J connectivity index is 2.00. The number of aromatic nitrogens is 3. The molecule has 8 heteroatoms. The van der Waals surface area contributed by atoms with E-state index in [1.807, 2.05) is 0 Å². The number of pyridine rings is 1. The third-order valence-electron chi connectivity index (χ3n) is 2.04. The zero-order valence-corrected chi connectivity index (χ0v) is 11.4. The van der Waals surface area contributed by atoms with Crippen LogP contribution in [0.25, 0.3) is 0 Å². The minimum absolute atomic E-state index is 0.0808. The number of hydrogen-bond donors (Lipinski definition) is 2. The predicted octanol–water partition coefficient (Wildman–Crippen LogP) is 1.91. The van der Waals surface area contributed by atoms with Crippen molar-refractivity contribution in [2.45, 2.75) is 6.54 Å². The van der Waals surface area contributed by atoms with Gasteiger partial charge in [0.15, 0.2) is 0 Å². The molecule has 6 nitrogen and oxygen atoms in total. The van der Waals surface area contributed by atoms with E-state index < -0.39 is 0 Å². The van der Waals surface area contributed by atoms with E-state index in [1.54, 1.807) is 12.3 Å². The molecule has 0 saturated heterocycles. The Morgan fingerprint density at radius 3 is 2.94 bits per heavy atom. The van der Waals surface area contributed by atoms with Gasteiger partial charge < -0.3 is 11.1 Å². The lowest BCUT2D eigenvalue weighted by atomic mass is 10.4. The number of anilines is 2. The summed E-state index contributed by atoms with van der Waals surface area (Å²) in [5.41, 5.74) is 6.56. The second kappa shape index (κ2) is 5.36. The smallest absolute Gasteiger partial charge is 0.246 e. The predicted molar refractivity (Wildman–Crippen MR) is 72.2 cm³/mol. The van der Waals surface area contributed by atoms with Gasteiger partial charge in [0.2, 0.25) is 5.91 Å². The fourth-order valence-electron chi connectivity index (χ4n) is 1.30. The minimum Gasteiger partial charge on any atom is -0.396 e. The standard InChI is InChI=1S/C10H9BrClN5O/c11-8-1-7(3-14-10(8)12)16-9(18)5-17-4-6(13)2-15-17/h1-4H,5,13H2,(H,16,18).